The third kappa shape index (κ3) is 2.95. The van der Waals surface area contributed by atoms with Gasteiger partial charge < -0.3 is 5.73 Å². The summed E-state index contributed by atoms with van der Waals surface area (Å²) in [6, 6.07) is 5.73. The Kier molecular flexibility index (Phi) is 3.81. The van der Waals surface area contributed by atoms with E-state index in [0.717, 1.165) is 17.0 Å². The van der Waals surface area contributed by atoms with E-state index in [1.165, 1.54) is 23.4 Å². The quantitative estimate of drug-likeness (QED) is 0.910. The summed E-state index contributed by atoms with van der Waals surface area (Å²) in [6.07, 6.45) is 3.30. The molecule has 0 amide bonds. The van der Waals surface area contributed by atoms with E-state index in [2.05, 4.69) is 0 Å². The topological polar surface area (TPSA) is 38.9 Å². The molecule has 0 bridgehead atoms. The third-order valence-electron chi connectivity index (χ3n) is 3.26. The van der Waals surface area contributed by atoms with E-state index < -0.39 is 0 Å². The lowest BCUT2D eigenvalue weighted by Crippen LogP contribution is -1.96. The molecule has 2 nitrogen and oxygen atoms in total. The van der Waals surface area contributed by atoms with Gasteiger partial charge in [-0.05, 0) is 30.5 Å². The van der Waals surface area contributed by atoms with Crippen LogP contribution in [0.25, 0.3) is 0 Å². The Bertz CT molecular complexity index is 605. The molecule has 3 rings (SSSR count). The first-order valence-electron chi connectivity index (χ1n) is 6.30. The number of nitrogens with zero attached hydrogens (tertiary/aromatic N) is 1. The first kappa shape index (κ1) is 13.4. The van der Waals surface area contributed by atoms with Crippen LogP contribution in [0.5, 0.6) is 0 Å². The van der Waals surface area contributed by atoms with Gasteiger partial charge in [-0.1, -0.05) is 29.3 Å². The average molecular weight is 313 g/mol. The maximum absolute atomic E-state index is 6.04. The van der Waals surface area contributed by atoms with Gasteiger partial charge in [0.15, 0.2) is 0 Å². The Morgan fingerprint density at radius 2 is 2.05 bits per heavy atom. The molecule has 1 aliphatic carbocycles. The highest BCUT2D eigenvalue weighted by molar-refractivity contribution is 7.11. The fourth-order valence-corrected chi connectivity index (χ4v) is 3.52. The third-order valence-corrected chi connectivity index (χ3v) is 5.09. The Hall–Kier alpha value is -0.610. The summed E-state index contributed by atoms with van der Waals surface area (Å²) in [5.41, 5.74) is 8.16. The molecule has 1 heterocycles. The fraction of sp³-hybridized carbons (Fsp3) is 0.357. The van der Waals surface area contributed by atoms with E-state index in [-0.39, 0.29) is 0 Å². The van der Waals surface area contributed by atoms with Gasteiger partial charge in [-0.25, -0.2) is 4.98 Å². The normalized spacial score (nSPS) is 14.9. The van der Waals surface area contributed by atoms with E-state index in [1.807, 2.05) is 18.2 Å². The molecule has 1 aromatic carbocycles. The van der Waals surface area contributed by atoms with Crippen molar-refractivity contribution in [2.45, 2.75) is 31.7 Å². The summed E-state index contributed by atoms with van der Waals surface area (Å²) in [7, 11) is 0. The molecule has 0 spiro atoms. The number of thiazole rings is 1. The van der Waals surface area contributed by atoms with Crippen LogP contribution in [0, 0.1) is 0 Å². The molecule has 1 saturated carbocycles. The van der Waals surface area contributed by atoms with E-state index >= 15 is 0 Å². The minimum absolute atomic E-state index is 0.588. The van der Waals surface area contributed by atoms with Gasteiger partial charge in [-0.2, -0.15) is 0 Å². The first-order chi connectivity index (χ1) is 9.17. The van der Waals surface area contributed by atoms with Crippen LogP contribution in [-0.2, 0) is 13.0 Å². The lowest BCUT2D eigenvalue weighted by atomic mass is 10.1. The van der Waals surface area contributed by atoms with Crippen LogP contribution < -0.4 is 5.73 Å². The van der Waals surface area contributed by atoms with Crippen molar-refractivity contribution < 1.29 is 0 Å². The van der Waals surface area contributed by atoms with Crippen LogP contribution in [0.2, 0.25) is 10.0 Å². The lowest BCUT2D eigenvalue weighted by molar-refractivity contribution is 0.959. The summed E-state index contributed by atoms with van der Waals surface area (Å²) in [4.78, 5) is 5.99. The monoisotopic (exact) mass is 312 g/mol. The zero-order valence-corrected chi connectivity index (χ0v) is 12.7. The second-order valence-electron chi connectivity index (χ2n) is 4.82. The highest BCUT2D eigenvalue weighted by atomic mass is 35.5. The second kappa shape index (κ2) is 5.41. The minimum atomic E-state index is 0.588. The highest BCUT2D eigenvalue weighted by Gasteiger charge is 2.29. The van der Waals surface area contributed by atoms with Crippen molar-refractivity contribution in [3.63, 3.8) is 0 Å². The predicted octanol–water partition coefficient (Wildman–Crippen LogP) is 4.38. The molecule has 1 aliphatic rings. The second-order valence-corrected chi connectivity index (χ2v) is 6.80. The molecule has 0 saturated heterocycles. The van der Waals surface area contributed by atoms with Gasteiger partial charge in [-0.15, -0.1) is 11.3 Å². The van der Waals surface area contributed by atoms with Crippen LogP contribution >= 0.6 is 34.5 Å². The van der Waals surface area contributed by atoms with Gasteiger partial charge in [0.1, 0.15) is 0 Å². The van der Waals surface area contributed by atoms with Gasteiger partial charge in [-0.3, -0.25) is 0 Å². The molecule has 100 valence electrons. The van der Waals surface area contributed by atoms with E-state index in [1.54, 1.807) is 11.3 Å². The molecule has 0 unspecified atom stereocenters. The molecular weight excluding hydrogens is 299 g/mol. The fourth-order valence-electron chi connectivity index (χ4n) is 2.14. The van der Waals surface area contributed by atoms with Gasteiger partial charge in [0.25, 0.3) is 0 Å². The average Bonchev–Trinajstić information content (AvgIpc) is 3.16. The van der Waals surface area contributed by atoms with E-state index in [9.17, 15) is 0 Å². The van der Waals surface area contributed by atoms with Crippen molar-refractivity contribution in [1.29, 1.82) is 0 Å². The van der Waals surface area contributed by atoms with Crippen LogP contribution in [0.15, 0.2) is 18.2 Å². The van der Waals surface area contributed by atoms with Crippen LogP contribution in [0.4, 0.5) is 0 Å². The van der Waals surface area contributed by atoms with Crippen LogP contribution in [-0.4, -0.2) is 4.98 Å². The predicted molar refractivity (Wildman–Crippen MR) is 81.2 cm³/mol. The number of halogens is 2. The standard InChI is InChI=1S/C14H14Cl2N2S/c15-10-4-1-8(5-11(10)16)6-13-18-14(9-2-3-9)12(7-17)19-13/h1,4-5,9H,2-3,6-7,17H2. The summed E-state index contributed by atoms with van der Waals surface area (Å²) in [5.74, 6) is 0.650. The molecule has 1 fully saturated rings. The maximum Gasteiger partial charge on any atom is 0.0975 e. The molecule has 0 radical (unpaired) electrons. The molecule has 2 N–H and O–H groups in total. The minimum Gasteiger partial charge on any atom is -0.326 e. The SMILES string of the molecule is NCc1sc(Cc2ccc(Cl)c(Cl)c2)nc1C1CC1. The molecule has 2 aromatic rings. The lowest BCUT2D eigenvalue weighted by Gasteiger charge is -2.00. The van der Waals surface area contributed by atoms with Crippen LogP contribution in [0.3, 0.4) is 0 Å². The van der Waals surface area contributed by atoms with E-state index in [4.69, 9.17) is 33.9 Å². The highest BCUT2D eigenvalue weighted by Crippen LogP contribution is 2.42. The zero-order chi connectivity index (χ0) is 13.4. The Balaban J connectivity index is 1.84. The van der Waals surface area contributed by atoms with Crippen LogP contribution in [0.1, 0.15) is 39.9 Å². The number of rotatable bonds is 4. The largest absolute Gasteiger partial charge is 0.326 e. The van der Waals surface area contributed by atoms with Crippen molar-refractivity contribution >= 4 is 34.5 Å². The molecule has 19 heavy (non-hydrogen) atoms. The van der Waals surface area contributed by atoms with E-state index in [0.29, 0.717) is 22.5 Å². The first-order valence-corrected chi connectivity index (χ1v) is 7.87. The molecular formula is C14H14Cl2N2S. The molecule has 0 aliphatic heterocycles. The van der Waals surface area contributed by atoms with Crippen molar-refractivity contribution in [2.75, 3.05) is 0 Å². The van der Waals surface area contributed by atoms with Crippen molar-refractivity contribution in [1.82, 2.24) is 4.98 Å². The Labute approximate surface area is 126 Å². The summed E-state index contributed by atoms with van der Waals surface area (Å²) in [5, 5.41) is 2.30. The number of hydrogen-bond donors (Lipinski definition) is 1. The van der Waals surface area contributed by atoms with Crippen molar-refractivity contribution in [3.8, 4) is 0 Å². The number of nitrogens with two attached hydrogens (primary N) is 1. The number of benzene rings is 1. The molecule has 0 atom stereocenters. The molecule has 1 aromatic heterocycles. The van der Waals surface area contributed by atoms with Gasteiger partial charge in [0.2, 0.25) is 0 Å². The molecule has 5 heteroatoms. The summed E-state index contributed by atoms with van der Waals surface area (Å²) < 4.78 is 0. The van der Waals surface area contributed by atoms with Gasteiger partial charge >= 0.3 is 0 Å². The van der Waals surface area contributed by atoms with Gasteiger partial charge in [0, 0.05) is 23.8 Å². The van der Waals surface area contributed by atoms with Crippen molar-refractivity contribution in [2.24, 2.45) is 5.73 Å². The zero-order valence-electron chi connectivity index (χ0n) is 10.3. The Morgan fingerprint density at radius 1 is 1.26 bits per heavy atom. The summed E-state index contributed by atoms with van der Waals surface area (Å²) in [6.45, 7) is 0.588. The smallest absolute Gasteiger partial charge is 0.0975 e. The Morgan fingerprint density at radius 3 is 2.68 bits per heavy atom. The van der Waals surface area contributed by atoms with Gasteiger partial charge in [0.05, 0.1) is 20.7 Å². The number of aromatic nitrogens is 1. The summed E-state index contributed by atoms with van der Waals surface area (Å²) >= 11 is 13.7. The number of hydrogen-bond acceptors (Lipinski definition) is 3. The van der Waals surface area contributed by atoms with Crippen molar-refractivity contribution in [3.05, 3.63) is 49.4 Å². The maximum atomic E-state index is 6.04.